The largest absolute Gasteiger partial charge is 0.381 e. The van der Waals surface area contributed by atoms with Crippen LogP contribution in [0.3, 0.4) is 0 Å². The number of hydrogen-bond donors (Lipinski definition) is 1. The minimum atomic E-state index is -0.0296. The molecule has 1 aromatic carbocycles. The molecule has 4 aromatic rings. The van der Waals surface area contributed by atoms with E-state index in [0.717, 1.165) is 42.1 Å². The van der Waals surface area contributed by atoms with Crippen LogP contribution in [-0.2, 0) is 6.54 Å². The molecule has 0 spiro atoms. The maximum absolute atomic E-state index is 13.4. The number of carbonyl (C=O) groups excluding carboxylic acids is 1. The normalized spacial score (nSPS) is 15.6. The molecule has 160 valence electrons. The highest BCUT2D eigenvalue weighted by atomic mass is 16.2. The molecular formula is C25H24N6O. The number of benzene rings is 1. The van der Waals surface area contributed by atoms with Gasteiger partial charge in [0.05, 0.1) is 11.7 Å². The Morgan fingerprint density at radius 1 is 1.06 bits per heavy atom. The van der Waals surface area contributed by atoms with Gasteiger partial charge in [-0.2, -0.15) is 0 Å². The van der Waals surface area contributed by atoms with Crippen molar-refractivity contribution in [1.29, 1.82) is 0 Å². The molecule has 1 aliphatic rings. The van der Waals surface area contributed by atoms with E-state index in [1.807, 2.05) is 76.5 Å². The molecule has 1 saturated heterocycles. The summed E-state index contributed by atoms with van der Waals surface area (Å²) in [4.78, 5) is 28.4. The summed E-state index contributed by atoms with van der Waals surface area (Å²) in [5.41, 5.74) is 3.59. The van der Waals surface area contributed by atoms with Crippen LogP contribution in [0.5, 0.6) is 0 Å². The monoisotopic (exact) mass is 424 g/mol. The van der Waals surface area contributed by atoms with E-state index in [9.17, 15) is 4.79 Å². The summed E-state index contributed by atoms with van der Waals surface area (Å²) in [7, 11) is 0. The number of anilines is 1. The second-order valence-electron chi connectivity index (χ2n) is 7.84. The zero-order valence-corrected chi connectivity index (χ0v) is 17.6. The van der Waals surface area contributed by atoms with Crippen LogP contribution >= 0.6 is 0 Å². The fourth-order valence-electron chi connectivity index (χ4n) is 4.12. The van der Waals surface area contributed by atoms with Gasteiger partial charge < -0.3 is 10.2 Å². The lowest BCUT2D eigenvalue weighted by Crippen LogP contribution is -2.31. The van der Waals surface area contributed by atoms with E-state index >= 15 is 0 Å². The molecule has 1 fully saturated rings. The third-order valence-corrected chi connectivity index (χ3v) is 5.71. The zero-order valence-electron chi connectivity index (χ0n) is 17.6. The highest BCUT2D eigenvalue weighted by Gasteiger charge is 2.31. The summed E-state index contributed by atoms with van der Waals surface area (Å²) in [5.74, 6) is 0.841. The van der Waals surface area contributed by atoms with Gasteiger partial charge in [-0.3, -0.25) is 14.3 Å². The first-order valence-electron chi connectivity index (χ1n) is 10.8. The minimum Gasteiger partial charge on any atom is -0.381 e. The molecule has 1 amide bonds. The lowest BCUT2D eigenvalue weighted by molar-refractivity contribution is 0.0733. The van der Waals surface area contributed by atoms with Crippen LogP contribution in [0.4, 0.5) is 5.69 Å². The Hall–Kier alpha value is -4.00. The van der Waals surface area contributed by atoms with Crippen molar-refractivity contribution >= 4 is 11.6 Å². The minimum absolute atomic E-state index is 0.0296. The molecule has 7 heteroatoms. The van der Waals surface area contributed by atoms with E-state index in [1.54, 1.807) is 18.7 Å². The molecule has 5 rings (SSSR count). The smallest absolute Gasteiger partial charge is 0.254 e. The molecule has 0 aliphatic carbocycles. The van der Waals surface area contributed by atoms with Crippen molar-refractivity contribution in [1.82, 2.24) is 24.4 Å². The van der Waals surface area contributed by atoms with Crippen molar-refractivity contribution in [3.8, 4) is 5.82 Å². The zero-order chi connectivity index (χ0) is 21.8. The number of imidazole rings is 1. The van der Waals surface area contributed by atoms with Crippen molar-refractivity contribution in [2.24, 2.45) is 0 Å². The number of likely N-dealkylation sites (tertiary alicyclic amines) is 1. The van der Waals surface area contributed by atoms with Crippen LogP contribution in [0.1, 0.15) is 40.5 Å². The Kier molecular flexibility index (Phi) is 5.61. The van der Waals surface area contributed by atoms with Crippen LogP contribution in [0, 0.1) is 0 Å². The number of amides is 1. The highest BCUT2D eigenvalue weighted by molar-refractivity contribution is 5.95. The maximum atomic E-state index is 13.4. The van der Waals surface area contributed by atoms with E-state index in [0.29, 0.717) is 12.1 Å². The lowest BCUT2D eigenvalue weighted by atomic mass is 10.1. The molecule has 1 atom stereocenters. The molecule has 32 heavy (non-hydrogen) atoms. The third kappa shape index (κ3) is 4.23. The molecule has 0 bridgehead atoms. The SMILES string of the molecule is O=C(c1cccc(NCc2cccnc2)c1)N1CCCC1c1cccc(-n2ccnc2)n1. The van der Waals surface area contributed by atoms with Gasteiger partial charge in [-0.1, -0.05) is 18.2 Å². The number of nitrogens with zero attached hydrogens (tertiary/aromatic N) is 5. The number of nitrogens with one attached hydrogen (secondary N) is 1. The molecule has 1 unspecified atom stereocenters. The van der Waals surface area contributed by atoms with Crippen molar-refractivity contribution < 1.29 is 4.79 Å². The Bertz CT molecular complexity index is 1190. The number of aromatic nitrogens is 4. The van der Waals surface area contributed by atoms with Crippen LogP contribution in [-0.4, -0.2) is 36.9 Å². The highest BCUT2D eigenvalue weighted by Crippen LogP contribution is 2.32. The average Bonchev–Trinajstić information content (AvgIpc) is 3.56. The standard InChI is InChI=1S/C25H24N6O/c32-25(20-6-1-7-21(15-20)28-17-19-5-3-11-26-16-19)31-13-4-9-23(31)22-8-2-10-24(29-22)30-14-12-27-18-30/h1-3,5-8,10-12,14-16,18,23,28H,4,9,13,17H2. The van der Waals surface area contributed by atoms with Crippen molar-refractivity contribution in [2.45, 2.75) is 25.4 Å². The average molecular weight is 425 g/mol. The number of rotatable bonds is 6. The van der Waals surface area contributed by atoms with Crippen LogP contribution < -0.4 is 5.32 Å². The lowest BCUT2D eigenvalue weighted by Gasteiger charge is -2.25. The van der Waals surface area contributed by atoms with E-state index < -0.39 is 0 Å². The molecule has 4 heterocycles. The van der Waals surface area contributed by atoms with Gasteiger partial charge in [-0.05, 0) is 54.8 Å². The van der Waals surface area contributed by atoms with Gasteiger partial charge in [-0.25, -0.2) is 9.97 Å². The predicted molar refractivity (Wildman–Crippen MR) is 122 cm³/mol. The number of pyridine rings is 2. The van der Waals surface area contributed by atoms with E-state index in [1.165, 1.54) is 0 Å². The molecular weight excluding hydrogens is 400 g/mol. The van der Waals surface area contributed by atoms with Gasteiger partial charge in [0.25, 0.3) is 5.91 Å². The van der Waals surface area contributed by atoms with Crippen LogP contribution in [0.2, 0.25) is 0 Å². The van der Waals surface area contributed by atoms with Gasteiger partial charge in [0.15, 0.2) is 0 Å². The third-order valence-electron chi connectivity index (χ3n) is 5.71. The van der Waals surface area contributed by atoms with E-state index in [4.69, 9.17) is 4.98 Å². The fraction of sp³-hybridized carbons (Fsp3) is 0.200. The van der Waals surface area contributed by atoms with E-state index in [-0.39, 0.29) is 11.9 Å². The number of carbonyl (C=O) groups is 1. The molecule has 0 radical (unpaired) electrons. The summed E-state index contributed by atoms with van der Waals surface area (Å²) < 4.78 is 1.88. The Morgan fingerprint density at radius 2 is 2.00 bits per heavy atom. The Morgan fingerprint density at radius 3 is 2.84 bits per heavy atom. The van der Waals surface area contributed by atoms with Crippen LogP contribution in [0.25, 0.3) is 5.82 Å². The molecule has 1 N–H and O–H groups in total. The molecule has 0 saturated carbocycles. The quantitative estimate of drug-likeness (QED) is 0.501. The molecule has 7 nitrogen and oxygen atoms in total. The second-order valence-corrected chi connectivity index (χ2v) is 7.84. The maximum Gasteiger partial charge on any atom is 0.254 e. The second kappa shape index (κ2) is 9.01. The van der Waals surface area contributed by atoms with Gasteiger partial charge >= 0.3 is 0 Å². The van der Waals surface area contributed by atoms with Gasteiger partial charge in [-0.15, -0.1) is 0 Å². The predicted octanol–water partition coefficient (Wildman–Crippen LogP) is 4.25. The summed E-state index contributed by atoms with van der Waals surface area (Å²) in [6.45, 7) is 1.39. The van der Waals surface area contributed by atoms with Gasteiger partial charge in [0, 0.05) is 49.1 Å². The summed E-state index contributed by atoms with van der Waals surface area (Å²) >= 11 is 0. The Balaban J connectivity index is 1.33. The van der Waals surface area contributed by atoms with Gasteiger partial charge in [0.1, 0.15) is 12.1 Å². The van der Waals surface area contributed by atoms with Gasteiger partial charge in [0.2, 0.25) is 0 Å². The van der Waals surface area contributed by atoms with Crippen molar-refractivity contribution in [2.75, 3.05) is 11.9 Å². The first-order valence-corrected chi connectivity index (χ1v) is 10.8. The van der Waals surface area contributed by atoms with Crippen LogP contribution in [0.15, 0.2) is 85.7 Å². The Labute approximate surface area is 186 Å². The van der Waals surface area contributed by atoms with Crippen molar-refractivity contribution in [3.63, 3.8) is 0 Å². The summed E-state index contributed by atoms with van der Waals surface area (Å²) in [6, 6.07) is 17.5. The topological polar surface area (TPSA) is 75.9 Å². The fourth-order valence-corrected chi connectivity index (χ4v) is 4.12. The van der Waals surface area contributed by atoms with E-state index in [2.05, 4.69) is 15.3 Å². The summed E-state index contributed by atoms with van der Waals surface area (Å²) in [5, 5.41) is 3.38. The first kappa shape index (κ1) is 19.9. The van der Waals surface area contributed by atoms with Crippen molar-refractivity contribution in [3.05, 3.63) is 103 Å². The number of hydrogen-bond acceptors (Lipinski definition) is 5. The molecule has 3 aromatic heterocycles. The summed E-state index contributed by atoms with van der Waals surface area (Å²) in [6.07, 6.45) is 10.8. The first-order chi connectivity index (χ1) is 15.8. The molecule has 1 aliphatic heterocycles.